The van der Waals surface area contributed by atoms with Gasteiger partial charge in [-0.2, -0.15) is 0 Å². The molecule has 1 aliphatic rings. The standard InChI is InChI=1S/C16H18N2O/c17-13-9-8-12(14-7-4-10-19-14)16(18)15(13)11-5-2-1-3-6-11/h1-3,5-6,8-9,14H,4,7,10,17-18H2. The second-order valence-electron chi connectivity index (χ2n) is 4.90. The molecule has 0 bridgehead atoms. The number of nitrogens with two attached hydrogens (primary N) is 2. The Morgan fingerprint density at radius 1 is 1.00 bits per heavy atom. The van der Waals surface area contributed by atoms with Crippen molar-refractivity contribution in [1.29, 1.82) is 0 Å². The summed E-state index contributed by atoms with van der Waals surface area (Å²) in [5.41, 5.74) is 16.9. The molecule has 0 saturated carbocycles. The molecule has 98 valence electrons. The van der Waals surface area contributed by atoms with Gasteiger partial charge in [0, 0.05) is 29.1 Å². The monoisotopic (exact) mass is 254 g/mol. The molecule has 1 aliphatic heterocycles. The number of nitrogen functional groups attached to an aromatic ring is 2. The molecular weight excluding hydrogens is 236 g/mol. The van der Waals surface area contributed by atoms with E-state index < -0.39 is 0 Å². The molecular formula is C16H18N2O. The molecule has 0 aromatic heterocycles. The Hall–Kier alpha value is -2.00. The third-order valence-corrected chi connectivity index (χ3v) is 3.65. The van der Waals surface area contributed by atoms with Gasteiger partial charge in [0.2, 0.25) is 0 Å². The molecule has 1 fully saturated rings. The first kappa shape index (κ1) is 12.1. The van der Waals surface area contributed by atoms with Crippen LogP contribution in [0, 0.1) is 0 Å². The average molecular weight is 254 g/mol. The van der Waals surface area contributed by atoms with Crippen molar-refractivity contribution in [2.75, 3.05) is 18.1 Å². The van der Waals surface area contributed by atoms with Gasteiger partial charge in [-0.05, 0) is 24.5 Å². The molecule has 3 rings (SSSR count). The summed E-state index contributed by atoms with van der Waals surface area (Å²) in [6.07, 6.45) is 2.24. The SMILES string of the molecule is Nc1ccc(C2CCCO2)c(N)c1-c1ccccc1. The predicted octanol–water partition coefficient (Wildman–Crippen LogP) is 3.37. The Bertz CT molecular complexity index is 575. The van der Waals surface area contributed by atoms with Crippen LogP contribution in [0.4, 0.5) is 11.4 Å². The third kappa shape index (κ3) is 2.17. The minimum Gasteiger partial charge on any atom is -0.398 e. The summed E-state index contributed by atoms with van der Waals surface area (Å²) in [4.78, 5) is 0. The molecule has 19 heavy (non-hydrogen) atoms. The number of anilines is 2. The maximum atomic E-state index is 6.34. The summed E-state index contributed by atoms with van der Waals surface area (Å²) < 4.78 is 5.73. The van der Waals surface area contributed by atoms with Crippen molar-refractivity contribution in [1.82, 2.24) is 0 Å². The molecule has 1 heterocycles. The number of rotatable bonds is 2. The fourth-order valence-corrected chi connectivity index (χ4v) is 2.68. The van der Waals surface area contributed by atoms with Crippen molar-refractivity contribution in [3.63, 3.8) is 0 Å². The van der Waals surface area contributed by atoms with Gasteiger partial charge >= 0.3 is 0 Å². The highest BCUT2D eigenvalue weighted by Gasteiger charge is 2.22. The summed E-state index contributed by atoms with van der Waals surface area (Å²) in [5, 5.41) is 0. The van der Waals surface area contributed by atoms with Gasteiger partial charge < -0.3 is 16.2 Å². The summed E-state index contributed by atoms with van der Waals surface area (Å²) in [7, 11) is 0. The number of hydrogen-bond donors (Lipinski definition) is 2. The summed E-state index contributed by atoms with van der Waals surface area (Å²) >= 11 is 0. The average Bonchev–Trinajstić information content (AvgIpc) is 2.94. The fourth-order valence-electron chi connectivity index (χ4n) is 2.68. The van der Waals surface area contributed by atoms with E-state index in [-0.39, 0.29) is 6.10 Å². The molecule has 3 heteroatoms. The minimum atomic E-state index is 0.114. The zero-order valence-electron chi connectivity index (χ0n) is 10.8. The zero-order chi connectivity index (χ0) is 13.2. The van der Waals surface area contributed by atoms with E-state index in [0.29, 0.717) is 5.69 Å². The highest BCUT2D eigenvalue weighted by Crippen LogP contribution is 2.40. The zero-order valence-corrected chi connectivity index (χ0v) is 10.8. The Morgan fingerprint density at radius 2 is 1.79 bits per heavy atom. The fraction of sp³-hybridized carbons (Fsp3) is 0.250. The van der Waals surface area contributed by atoms with Crippen molar-refractivity contribution in [2.45, 2.75) is 18.9 Å². The van der Waals surface area contributed by atoms with Crippen LogP contribution in [0.15, 0.2) is 42.5 Å². The van der Waals surface area contributed by atoms with Crippen LogP contribution in [0.25, 0.3) is 11.1 Å². The van der Waals surface area contributed by atoms with Gasteiger partial charge in [-0.15, -0.1) is 0 Å². The summed E-state index contributed by atoms with van der Waals surface area (Å²) in [5.74, 6) is 0. The quantitative estimate of drug-likeness (QED) is 0.808. The highest BCUT2D eigenvalue weighted by molar-refractivity contribution is 5.88. The van der Waals surface area contributed by atoms with Crippen LogP contribution >= 0.6 is 0 Å². The molecule has 0 radical (unpaired) electrons. The number of benzene rings is 2. The van der Waals surface area contributed by atoms with Crippen molar-refractivity contribution in [2.24, 2.45) is 0 Å². The van der Waals surface area contributed by atoms with Crippen molar-refractivity contribution in [3.8, 4) is 11.1 Å². The van der Waals surface area contributed by atoms with Gasteiger partial charge in [0.05, 0.1) is 6.10 Å². The smallest absolute Gasteiger partial charge is 0.0845 e. The van der Waals surface area contributed by atoms with Crippen molar-refractivity contribution >= 4 is 11.4 Å². The van der Waals surface area contributed by atoms with Crippen LogP contribution < -0.4 is 11.5 Å². The summed E-state index contributed by atoms with van der Waals surface area (Å²) in [6.45, 7) is 0.815. The Labute approximate surface area is 113 Å². The first-order valence-electron chi connectivity index (χ1n) is 6.62. The highest BCUT2D eigenvalue weighted by atomic mass is 16.5. The predicted molar refractivity (Wildman–Crippen MR) is 78.6 cm³/mol. The largest absolute Gasteiger partial charge is 0.398 e. The van der Waals surface area contributed by atoms with E-state index in [0.717, 1.165) is 41.8 Å². The van der Waals surface area contributed by atoms with Crippen molar-refractivity contribution < 1.29 is 4.74 Å². The van der Waals surface area contributed by atoms with E-state index in [4.69, 9.17) is 16.2 Å². The molecule has 2 aromatic rings. The lowest BCUT2D eigenvalue weighted by atomic mass is 9.95. The molecule has 0 aliphatic carbocycles. The van der Waals surface area contributed by atoms with Crippen LogP contribution in [-0.4, -0.2) is 6.61 Å². The second kappa shape index (κ2) is 4.94. The molecule has 0 amide bonds. The molecule has 4 N–H and O–H groups in total. The van der Waals surface area contributed by atoms with Crippen LogP contribution in [0.1, 0.15) is 24.5 Å². The van der Waals surface area contributed by atoms with Gasteiger partial charge in [-0.1, -0.05) is 36.4 Å². The lowest BCUT2D eigenvalue weighted by Gasteiger charge is -2.17. The van der Waals surface area contributed by atoms with E-state index in [2.05, 4.69) is 0 Å². The molecule has 1 saturated heterocycles. The first-order chi connectivity index (χ1) is 9.27. The van der Waals surface area contributed by atoms with Crippen LogP contribution in [0.2, 0.25) is 0 Å². The van der Waals surface area contributed by atoms with E-state index in [1.165, 1.54) is 0 Å². The number of hydrogen-bond acceptors (Lipinski definition) is 3. The van der Waals surface area contributed by atoms with Crippen molar-refractivity contribution in [3.05, 3.63) is 48.0 Å². The van der Waals surface area contributed by atoms with Crippen LogP contribution in [0.3, 0.4) is 0 Å². The summed E-state index contributed by atoms with van der Waals surface area (Å²) in [6, 6.07) is 13.9. The van der Waals surface area contributed by atoms with Gasteiger partial charge in [-0.3, -0.25) is 0 Å². The molecule has 1 unspecified atom stereocenters. The van der Waals surface area contributed by atoms with E-state index in [1.54, 1.807) is 0 Å². The van der Waals surface area contributed by atoms with Crippen LogP contribution in [-0.2, 0) is 4.74 Å². The molecule has 1 atom stereocenters. The Kier molecular flexibility index (Phi) is 3.13. The van der Waals surface area contributed by atoms with Gasteiger partial charge in [-0.25, -0.2) is 0 Å². The molecule has 2 aromatic carbocycles. The topological polar surface area (TPSA) is 61.3 Å². The maximum absolute atomic E-state index is 6.34. The van der Waals surface area contributed by atoms with Gasteiger partial charge in [0.1, 0.15) is 0 Å². The Morgan fingerprint density at radius 3 is 2.47 bits per heavy atom. The number of ether oxygens (including phenoxy) is 1. The molecule has 3 nitrogen and oxygen atoms in total. The minimum absolute atomic E-state index is 0.114. The van der Waals surface area contributed by atoms with E-state index in [1.807, 2.05) is 42.5 Å². The third-order valence-electron chi connectivity index (χ3n) is 3.65. The normalized spacial score (nSPS) is 18.6. The lowest BCUT2D eigenvalue weighted by molar-refractivity contribution is 0.112. The van der Waals surface area contributed by atoms with E-state index in [9.17, 15) is 0 Å². The van der Waals surface area contributed by atoms with Gasteiger partial charge in [0.25, 0.3) is 0 Å². The maximum Gasteiger partial charge on any atom is 0.0845 e. The first-order valence-corrected chi connectivity index (χ1v) is 6.62. The Balaban J connectivity index is 2.11. The second-order valence-corrected chi connectivity index (χ2v) is 4.90. The lowest BCUT2D eigenvalue weighted by Crippen LogP contribution is -2.05. The van der Waals surface area contributed by atoms with Gasteiger partial charge in [0.15, 0.2) is 0 Å². The van der Waals surface area contributed by atoms with Crippen LogP contribution in [0.5, 0.6) is 0 Å². The van der Waals surface area contributed by atoms with E-state index >= 15 is 0 Å². The molecule has 0 spiro atoms.